The number of rotatable bonds is 5. The summed E-state index contributed by atoms with van der Waals surface area (Å²) in [6, 6.07) is 11.6. The minimum atomic E-state index is -4.88. The van der Waals surface area contributed by atoms with Crippen LogP contribution in [0.25, 0.3) is 5.76 Å². The van der Waals surface area contributed by atoms with Crippen molar-refractivity contribution in [1.29, 1.82) is 0 Å². The van der Waals surface area contributed by atoms with Crippen LogP contribution in [0.15, 0.2) is 72.6 Å². The molecule has 1 aromatic heterocycles. The van der Waals surface area contributed by atoms with Crippen LogP contribution in [0.5, 0.6) is 11.5 Å². The van der Waals surface area contributed by atoms with Crippen molar-refractivity contribution >= 4 is 23.1 Å². The molecule has 1 saturated heterocycles. The van der Waals surface area contributed by atoms with E-state index < -0.39 is 35.6 Å². The van der Waals surface area contributed by atoms with E-state index in [4.69, 9.17) is 4.74 Å². The number of Topliss-reactive ketones (excluding diaryl/α,β-unsaturated/α-hetero) is 1. The highest BCUT2D eigenvalue weighted by Gasteiger charge is 2.47. The van der Waals surface area contributed by atoms with Crippen LogP contribution in [-0.4, -0.2) is 35.3 Å². The lowest BCUT2D eigenvalue weighted by Gasteiger charge is -2.25. The van der Waals surface area contributed by atoms with Gasteiger partial charge in [-0.3, -0.25) is 19.5 Å². The lowest BCUT2D eigenvalue weighted by atomic mass is 9.94. The molecule has 1 N–H and O–H groups in total. The molecule has 1 amide bonds. The molecule has 2 heterocycles. The van der Waals surface area contributed by atoms with E-state index in [1.807, 2.05) is 0 Å². The first-order valence-electron chi connectivity index (χ1n) is 10.3. The van der Waals surface area contributed by atoms with Crippen LogP contribution in [0, 0.1) is 6.92 Å². The van der Waals surface area contributed by atoms with Crippen molar-refractivity contribution in [3.63, 3.8) is 0 Å². The highest BCUT2D eigenvalue weighted by molar-refractivity contribution is 6.51. The molecule has 1 aliphatic heterocycles. The third kappa shape index (κ3) is 4.68. The number of ketones is 1. The monoisotopic (exact) mass is 484 g/mol. The summed E-state index contributed by atoms with van der Waals surface area (Å²) >= 11 is 0. The average molecular weight is 484 g/mol. The molecule has 2 aromatic carbocycles. The van der Waals surface area contributed by atoms with Crippen LogP contribution >= 0.6 is 0 Å². The molecule has 4 rings (SSSR count). The topological polar surface area (TPSA) is 89.0 Å². The molecule has 35 heavy (non-hydrogen) atoms. The van der Waals surface area contributed by atoms with E-state index in [9.17, 15) is 27.9 Å². The molecule has 3 aromatic rings. The number of methoxy groups -OCH3 is 1. The van der Waals surface area contributed by atoms with Gasteiger partial charge in [-0.15, -0.1) is 13.2 Å². The number of nitrogens with zero attached hydrogens (tertiary/aromatic N) is 2. The summed E-state index contributed by atoms with van der Waals surface area (Å²) in [7, 11) is 1.49. The number of pyridine rings is 1. The molecular weight excluding hydrogens is 465 g/mol. The molecule has 0 aliphatic carbocycles. The fourth-order valence-electron chi connectivity index (χ4n) is 3.93. The Hall–Kier alpha value is -4.34. The zero-order valence-corrected chi connectivity index (χ0v) is 18.5. The van der Waals surface area contributed by atoms with Crippen LogP contribution in [0.4, 0.5) is 18.9 Å². The Kier molecular flexibility index (Phi) is 6.21. The van der Waals surface area contributed by atoms with E-state index in [1.165, 1.54) is 31.6 Å². The smallest absolute Gasteiger partial charge is 0.507 e. The van der Waals surface area contributed by atoms with E-state index >= 15 is 0 Å². The van der Waals surface area contributed by atoms with Crippen molar-refractivity contribution < 1.29 is 37.3 Å². The van der Waals surface area contributed by atoms with Gasteiger partial charge in [-0.05, 0) is 66.6 Å². The lowest BCUT2D eigenvalue weighted by Crippen LogP contribution is -2.29. The molecule has 7 nitrogen and oxygen atoms in total. The predicted molar refractivity (Wildman–Crippen MR) is 120 cm³/mol. The number of aryl methyl sites for hydroxylation is 1. The fraction of sp³-hybridized carbons (Fsp3) is 0.160. The zero-order chi connectivity index (χ0) is 25.3. The summed E-state index contributed by atoms with van der Waals surface area (Å²) in [5.41, 5.74) is 1.32. The molecule has 1 atom stereocenters. The maximum atomic E-state index is 13.1. The number of aliphatic hydroxyl groups is 1. The number of halogens is 3. The van der Waals surface area contributed by atoms with E-state index in [0.29, 0.717) is 22.4 Å². The van der Waals surface area contributed by atoms with Gasteiger partial charge in [-0.2, -0.15) is 0 Å². The third-order valence-electron chi connectivity index (χ3n) is 5.48. The molecule has 1 fully saturated rings. The Labute approximate surface area is 198 Å². The molecule has 1 unspecified atom stereocenters. The van der Waals surface area contributed by atoms with Crippen molar-refractivity contribution in [2.75, 3.05) is 12.0 Å². The van der Waals surface area contributed by atoms with Crippen LogP contribution in [0.1, 0.15) is 22.7 Å². The number of aliphatic hydroxyl groups excluding tert-OH is 1. The number of amides is 1. The molecule has 1 aliphatic rings. The van der Waals surface area contributed by atoms with Gasteiger partial charge in [0.1, 0.15) is 17.3 Å². The van der Waals surface area contributed by atoms with Crippen LogP contribution < -0.4 is 14.4 Å². The number of aromatic nitrogens is 1. The van der Waals surface area contributed by atoms with Crippen LogP contribution in [0.3, 0.4) is 0 Å². The summed E-state index contributed by atoms with van der Waals surface area (Å²) < 4.78 is 46.7. The first kappa shape index (κ1) is 23.8. The van der Waals surface area contributed by atoms with Crippen LogP contribution in [0.2, 0.25) is 0 Å². The van der Waals surface area contributed by atoms with Crippen molar-refractivity contribution in [1.82, 2.24) is 4.98 Å². The standard InChI is InChI=1S/C25H19F3N2O5/c1-14-12-18(34-2)9-10-19(14)22(31)20-21(15-4-3-11-29-13-15)30(24(33)23(20)32)16-5-7-17(8-6-16)35-25(26,27)28/h3-13,21,31H,1-2H3/b22-20-. The Morgan fingerprint density at radius 1 is 1.06 bits per heavy atom. The molecular formula is C25H19F3N2O5. The van der Waals surface area contributed by atoms with Gasteiger partial charge in [0.05, 0.1) is 18.7 Å². The normalized spacial score (nSPS) is 17.5. The van der Waals surface area contributed by atoms with Gasteiger partial charge in [0.15, 0.2) is 0 Å². The second-order valence-corrected chi connectivity index (χ2v) is 7.68. The third-order valence-corrected chi connectivity index (χ3v) is 5.48. The Morgan fingerprint density at radius 2 is 1.74 bits per heavy atom. The van der Waals surface area contributed by atoms with E-state index in [1.54, 1.807) is 37.3 Å². The quantitative estimate of drug-likeness (QED) is 0.314. The van der Waals surface area contributed by atoms with Crippen molar-refractivity contribution in [3.05, 3.63) is 89.3 Å². The first-order chi connectivity index (χ1) is 16.6. The van der Waals surface area contributed by atoms with Gasteiger partial charge >= 0.3 is 6.36 Å². The molecule has 0 bridgehead atoms. The molecule has 0 radical (unpaired) electrons. The lowest BCUT2D eigenvalue weighted by molar-refractivity contribution is -0.274. The van der Waals surface area contributed by atoms with Gasteiger partial charge in [0.25, 0.3) is 11.7 Å². The number of alkyl halides is 3. The maximum absolute atomic E-state index is 13.1. The highest BCUT2D eigenvalue weighted by atomic mass is 19.4. The zero-order valence-electron chi connectivity index (χ0n) is 18.5. The molecule has 10 heteroatoms. The number of ether oxygens (including phenoxy) is 2. The van der Waals surface area contributed by atoms with Gasteiger partial charge < -0.3 is 14.6 Å². The minimum Gasteiger partial charge on any atom is -0.507 e. The van der Waals surface area contributed by atoms with E-state index in [-0.39, 0.29) is 11.3 Å². The van der Waals surface area contributed by atoms with E-state index in [2.05, 4.69) is 9.72 Å². The number of carbonyl (C=O) groups excluding carboxylic acids is 2. The molecule has 0 spiro atoms. The molecule has 180 valence electrons. The van der Waals surface area contributed by atoms with Crippen LogP contribution in [-0.2, 0) is 9.59 Å². The number of anilines is 1. The summed E-state index contributed by atoms with van der Waals surface area (Å²) in [5.74, 6) is -2.22. The SMILES string of the molecule is COc1ccc(/C(O)=C2/C(=O)C(=O)N(c3ccc(OC(F)(F)F)cc3)C2c2cccnc2)c(C)c1. The number of hydrogen-bond donors (Lipinski definition) is 1. The van der Waals surface area contributed by atoms with Crippen molar-refractivity contribution in [2.24, 2.45) is 0 Å². The van der Waals surface area contributed by atoms with Gasteiger partial charge in [-0.25, -0.2) is 0 Å². The number of hydrogen-bond acceptors (Lipinski definition) is 6. The largest absolute Gasteiger partial charge is 0.573 e. The fourth-order valence-corrected chi connectivity index (χ4v) is 3.93. The Bertz CT molecular complexity index is 1300. The maximum Gasteiger partial charge on any atom is 0.573 e. The summed E-state index contributed by atoms with van der Waals surface area (Å²) in [6.07, 6.45) is -1.93. The van der Waals surface area contributed by atoms with Gasteiger partial charge in [0, 0.05) is 23.6 Å². The summed E-state index contributed by atoms with van der Waals surface area (Å²) in [5, 5.41) is 11.2. The predicted octanol–water partition coefficient (Wildman–Crippen LogP) is 4.92. The summed E-state index contributed by atoms with van der Waals surface area (Å²) in [4.78, 5) is 31.4. The second-order valence-electron chi connectivity index (χ2n) is 7.68. The first-order valence-corrected chi connectivity index (χ1v) is 10.3. The summed E-state index contributed by atoms with van der Waals surface area (Å²) in [6.45, 7) is 1.71. The Morgan fingerprint density at radius 3 is 2.31 bits per heavy atom. The van der Waals surface area contributed by atoms with Gasteiger partial charge in [-0.1, -0.05) is 6.07 Å². The Balaban J connectivity index is 1.85. The average Bonchev–Trinajstić information content (AvgIpc) is 3.09. The number of carbonyl (C=O) groups is 2. The second kappa shape index (κ2) is 9.13. The van der Waals surface area contributed by atoms with Gasteiger partial charge in [0.2, 0.25) is 0 Å². The minimum absolute atomic E-state index is 0.140. The van der Waals surface area contributed by atoms with Crippen molar-refractivity contribution in [3.8, 4) is 11.5 Å². The van der Waals surface area contributed by atoms with E-state index in [0.717, 1.165) is 17.0 Å². The highest BCUT2D eigenvalue weighted by Crippen LogP contribution is 2.43. The van der Waals surface area contributed by atoms with Crippen molar-refractivity contribution in [2.45, 2.75) is 19.3 Å². The number of benzene rings is 2. The molecule has 0 saturated carbocycles.